The molecule has 116 valence electrons. The van der Waals surface area contributed by atoms with Gasteiger partial charge in [-0.3, -0.25) is 0 Å². The van der Waals surface area contributed by atoms with Gasteiger partial charge in [0.15, 0.2) is 5.70 Å². The van der Waals surface area contributed by atoms with Gasteiger partial charge in [0.2, 0.25) is 5.90 Å². The van der Waals surface area contributed by atoms with Gasteiger partial charge in [-0.1, -0.05) is 30.3 Å². The van der Waals surface area contributed by atoms with E-state index in [2.05, 4.69) is 4.99 Å². The largest absolute Gasteiger partial charge is 0.497 e. The number of ether oxygens (including phenoxy) is 3. The fourth-order valence-electron chi connectivity index (χ4n) is 2.17. The number of esters is 1. The molecule has 2 aromatic rings. The number of rotatable bonds is 4. The molecule has 0 N–H and O–H groups in total. The molecule has 0 aromatic heterocycles. The van der Waals surface area contributed by atoms with Crippen LogP contribution in [0.5, 0.6) is 11.5 Å². The highest BCUT2D eigenvalue weighted by Gasteiger charge is 2.25. The van der Waals surface area contributed by atoms with E-state index in [-0.39, 0.29) is 11.6 Å². The van der Waals surface area contributed by atoms with Crippen LogP contribution in [0.3, 0.4) is 0 Å². The number of carbonyl (C=O) groups is 1. The average Bonchev–Trinajstić information content (AvgIpc) is 2.96. The lowest BCUT2D eigenvalue weighted by Gasteiger charge is -2.07. The molecule has 5 nitrogen and oxygen atoms in total. The number of hydrogen-bond donors (Lipinski definition) is 0. The lowest BCUT2D eigenvalue weighted by molar-refractivity contribution is -0.129. The Morgan fingerprint density at radius 1 is 1.00 bits per heavy atom. The zero-order valence-corrected chi connectivity index (χ0v) is 12.8. The monoisotopic (exact) mass is 309 g/mol. The number of hydrogen-bond acceptors (Lipinski definition) is 5. The van der Waals surface area contributed by atoms with Gasteiger partial charge in [0, 0.05) is 11.6 Å². The highest BCUT2D eigenvalue weighted by atomic mass is 16.6. The summed E-state index contributed by atoms with van der Waals surface area (Å²) in [6.45, 7) is 0. The molecule has 0 fully saturated rings. The average molecular weight is 309 g/mol. The standard InChI is InChI=1S/C18H15NO4/c1-21-14-9-13(10-15(11-14)22-2)17-19-16(18(20)23-17)8-12-6-4-3-5-7-12/h3-11H,1-2H3/b16-8-. The minimum Gasteiger partial charge on any atom is -0.497 e. The summed E-state index contributed by atoms with van der Waals surface area (Å²) in [7, 11) is 3.11. The molecule has 0 saturated carbocycles. The SMILES string of the molecule is COc1cc(OC)cc(C2=N/C(=C\c3ccccc3)C(=O)O2)c1. The first kappa shape index (κ1) is 14.8. The van der Waals surface area contributed by atoms with E-state index in [0.717, 1.165) is 5.56 Å². The predicted octanol–water partition coefficient (Wildman–Crippen LogP) is 3.05. The molecule has 1 aliphatic rings. The normalized spacial score (nSPS) is 15.3. The molecule has 0 amide bonds. The van der Waals surface area contributed by atoms with E-state index in [9.17, 15) is 4.79 Å². The van der Waals surface area contributed by atoms with Crippen molar-refractivity contribution >= 4 is 17.9 Å². The number of methoxy groups -OCH3 is 2. The summed E-state index contributed by atoms with van der Waals surface area (Å²) in [6.07, 6.45) is 1.69. The molecule has 5 heteroatoms. The Labute approximate surface area is 133 Å². The molecular formula is C18H15NO4. The number of cyclic esters (lactones) is 1. The van der Waals surface area contributed by atoms with Gasteiger partial charge in [-0.2, -0.15) is 0 Å². The summed E-state index contributed by atoms with van der Waals surface area (Å²) in [4.78, 5) is 16.3. The van der Waals surface area contributed by atoms with Crippen molar-refractivity contribution in [1.82, 2.24) is 0 Å². The second-order valence-electron chi connectivity index (χ2n) is 4.85. The van der Waals surface area contributed by atoms with Crippen molar-refractivity contribution in [2.45, 2.75) is 0 Å². The van der Waals surface area contributed by atoms with Crippen molar-refractivity contribution in [2.75, 3.05) is 14.2 Å². The molecular weight excluding hydrogens is 294 g/mol. The van der Waals surface area contributed by atoms with Crippen molar-refractivity contribution < 1.29 is 19.0 Å². The van der Waals surface area contributed by atoms with E-state index in [0.29, 0.717) is 17.1 Å². The van der Waals surface area contributed by atoms with Gasteiger partial charge >= 0.3 is 5.97 Å². The van der Waals surface area contributed by atoms with Crippen LogP contribution < -0.4 is 9.47 Å². The Hall–Kier alpha value is -3.08. The molecule has 3 rings (SSSR count). The summed E-state index contributed by atoms with van der Waals surface area (Å²) in [6, 6.07) is 14.7. The Morgan fingerprint density at radius 2 is 1.65 bits per heavy atom. The van der Waals surface area contributed by atoms with Crippen LogP contribution in [-0.4, -0.2) is 26.1 Å². The Bertz CT molecular complexity index is 772. The molecule has 1 heterocycles. The van der Waals surface area contributed by atoms with Crippen LogP contribution in [0.4, 0.5) is 0 Å². The molecule has 2 aromatic carbocycles. The van der Waals surface area contributed by atoms with Crippen molar-refractivity contribution in [3.05, 3.63) is 65.4 Å². The van der Waals surface area contributed by atoms with Crippen LogP contribution in [0.2, 0.25) is 0 Å². The van der Waals surface area contributed by atoms with Crippen LogP contribution in [0.25, 0.3) is 6.08 Å². The van der Waals surface area contributed by atoms with Gasteiger partial charge in [-0.15, -0.1) is 0 Å². The van der Waals surface area contributed by atoms with Crippen molar-refractivity contribution in [3.8, 4) is 11.5 Å². The molecule has 0 spiro atoms. The molecule has 23 heavy (non-hydrogen) atoms. The summed E-state index contributed by atoms with van der Waals surface area (Å²) < 4.78 is 15.7. The van der Waals surface area contributed by atoms with E-state index in [4.69, 9.17) is 14.2 Å². The smallest absolute Gasteiger partial charge is 0.363 e. The molecule has 0 bridgehead atoms. The van der Waals surface area contributed by atoms with Crippen LogP contribution in [0.1, 0.15) is 11.1 Å². The maximum Gasteiger partial charge on any atom is 0.363 e. The van der Waals surface area contributed by atoms with E-state index in [1.54, 1.807) is 38.5 Å². The maximum atomic E-state index is 12.0. The van der Waals surface area contributed by atoms with Crippen LogP contribution in [-0.2, 0) is 9.53 Å². The molecule has 0 atom stereocenters. The minimum atomic E-state index is -0.481. The summed E-state index contributed by atoms with van der Waals surface area (Å²) in [5.41, 5.74) is 1.76. The van der Waals surface area contributed by atoms with E-state index in [1.807, 2.05) is 30.3 Å². The van der Waals surface area contributed by atoms with Crippen LogP contribution in [0, 0.1) is 0 Å². The predicted molar refractivity (Wildman–Crippen MR) is 86.6 cm³/mol. The second kappa shape index (κ2) is 6.36. The lowest BCUT2D eigenvalue weighted by atomic mass is 10.2. The van der Waals surface area contributed by atoms with Crippen LogP contribution in [0.15, 0.2) is 59.2 Å². The zero-order valence-electron chi connectivity index (χ0n) is 12.8. The topological polar surface area (TPSA) is 57.1 Å². The van der Waals surface area contributed by atoms with Gasteiger partial charge in [-0.05, 0) is 23.8 Å². The van der Waals surface area contributed by atoms with Crippen molar-refractivity contribution in [3.63, 3.8) is 0 Å². The minimum absolute atomic E-state index is 0.231. The quantitative estimate of drug-likeness (QED) is 0.643. The van der Waals surface area contributed by atoms with Crippen molar-refractivity contribution in [2.24, 2.45) is 4.99 Å². The number of nitrogens with zero attached hydrogens (tertiary/aromatic N) is 1. The third kappa shape index (κ3) is 3.23. The number of carbonyl (C=O) groups excluding carboxylic acids is 1. The number of benzene rings is 2. The first-order valence-corrected chi connectivity index (χ1v) is 7.00. The molecule has 0 saturated heterocycles. The fourth-order valence-corrected chi connectivity index (χ4v) is 2.17. The van der Waals surface area contributed by atoms with Crippen molar-refractivity contribution in [1.29, 1.82) is 0 Å². The van der Waals surface area contributed by atoms with Gasteiger partial charge < -0.3 is 14.2 Å². The summed E-state index contributed by atoms with van der Waals surface area (Å²) in [5.74, 6) is 0.942. The number of aliphatic imine (C=N–C) groups is 1. The lowest BCUT2D eigenvalue weighted by Crippen LogP contribution is -2.06. The first-order chi connectivity index (χ1) is 11.2. The van der Waals surface area contributed by atoms with Gasteiger partial charge in [0.1, 0.15) is 11.5 Å². The first-order valence-electron chi connectivity index (χ1n) is 7.00. The Balaban J connectivity index is 1.97. The Morgan fingerprint density at radius 3 is 2.26 bits per heavy atom. The fraction of sp³-hybridized carbons (Fsp3) is 0.111. The third-order valence-electron chi connectivity index (χ3n) is 3.32. The molecule has 1 aliphatic heterocycles. The summed E-state index contributed by atoms with van der Waals surface area (Å²) in [5, 5.41) is 0. The molecule has 0 radical (unpaired) electrons. The molecule has 0 aliphatic carbocycles. The second-order valence-corrected chi connectivity index (χ2v) is 4.85. The van der Waals surface area contributed by atoms with Gasteiger partial charge in [0.25, 0.3) is 0 Å². The van der Waals surface area contributed by atoms with E-state index in [1.165, 1.54) is 0 Å². The Kier molecular flexibility index (Phi) is 4.10. The van der Waals surface area contributed by atoms with Gasteiger partial charge in [0.05, 0.1) is 14.2 Å². The summed E-state index contributed by atoms with van der Waals surface area (Å²) >= 11 is 0. The molecule has 0 unspecified atom stereocenters. The third-order valence-corrected chi connectivity index (χ3v) is 3.32. The van der Waals surface area contributed by atoms with Crippen LogP contribution >= 0.6 is 0 Å². The highest BCUT2D eigenvalue weighted by Crippen LogP contribution is 2.26. The highest BCUT2D eigenvalue weighted by molar-refractivity contribution is 6.13. The van der Waals surface area contributed by atoms with E-state index >= 15 is 0 Å². The van der Waals surface area contributed by atoms with Gasteiger partial charge in [-0.25, -0.2) is 9.79 Å². The maximum absolute atomic E-state index is 12.0. The van der Waals surface area contributed by atoms with E-state index < -0.39 is 5.97 Å². The zero-order chi connectivity index (χ0) is 16.2.